The number of aliphatic imine (C=N–C) groups is 1. The molecule has 0 aliphatic carbocycles. The van der Waals surface area contributed by atoms with E-state index in [4.69, 9.17) is 17.3 Å². The van der Waals surface area contributed by atoms with Crippen LogP contribution in [-0.2, 0) is 0 Å². The Labute approximate surface area is 130 Å². The van der Waals surface area contributed by atoms with Gasteiger partial charge in [0, 0.05) is 12.6 Å². The Bertz CT molecular complexity index is 587. The minimum Gasteiger partial charge on any atom is -0.369 e. The second-order valence-electron chi connectivity index (χ2n) is 6.47. The highest BCUT2D eigenvalue weighted by atomic mass is 35.5. The molecule has 1 aromatic rings. The number of para-hydroxylation sites is 1. The first kappa shape index (κ1) is 13.4. The first-order chi connectivity index (χ1) is 10.2. The smallest absolute Gasteiger partial charge is 0.196 e. The van der Waals surface area contributed by atoms with E-state index in [-0.39, 0.29) is 5.54 Å². The van der Waals surface area contributed by atoms with E-state index >= 15 is 0 Å². The van der Waals surface area contributed by atoms with E-state index in [1.54, 1.807) is 0 Å². The predicted molar refractivity (Wildman–Crippen MR) is 87.0 cm³/mol. The van der Waals surface area contributed by atoms with E-state index in [0.29, 0.717) is 12.0 Å². The van der Waals surface area contributed by atoms with Crippen LogP contribution in [0, 0.1) is 0 Å². The van der Waals surface area contributed by atoms with Crippen LogP contribution in [0.1, 0.15) is 25.7 Å². The van der Waals surface area contributed by atoms with E-state index in [1.807, 2.05) is 18.2 Å². The van der Waals surface area contributed by atoms with Crippen LogP contribution in [0.5, 0.6) is 0 Å². The number of nitrogens with zero attached hydrogens (tertiary/aromatic N) is 3. The summed E-state index contributed by atoms with van der Waals surface area (Å²) >= 11 is 6.42. The summed E-state index contributed by atoms with van der Waals surface area (Å²) in [7, 11) is 0. The van der Waals surface area contributed by atoms with Crippen LogP contribution in [-0.4, -0.2) is 42.1 Å². The van der Waals surface area contributed by atoms with Crippen molar-refractivity contribution >= 4 is 23.2 Å². The zero-order valence-corrected chi connectivity index (χ0v) is 12.9. The number of hydrogen-bond acceptors (Lipinski definition) is 4. The molecule has 0 saturated carbocycles. The van der Waals surface area contributed by atoms with E-state index in [1.165, 1.54) is 19.4 Å². The number of anilines is 1. The predicted octanol–water partition coefficient (Wildman–Crippen LogP) is 2.47. The topological polar surface area (TPSA) is 44.9 Å². The largest absolute Gasteiger partial charge is 0.369 e. The molecule has 2 fully saturated rings. The normalized spacial score (nSPS) is 32.5. The van der Waals surface area contributed by atoms with Crippen molar-refractivity contribution in [1.82, 2.24) is 4.90 Å². The SMILES string of the molecule is NC1=NCC2(CCN3CCCC3C2)N1c1ccccc1Cl. The molecular formula is C16H21ClN4. The number of piperidine rings is 1. The third-order valence-corrected chi connectivity index (χ3v) is 5.63. The molecule has 112 valence electrons. The van der Waals surface area contributed by atoms with Gasteiger partial charge < -0.3 is 15.5 Å². The van der Waals surface area contributed by atoms with Gasteiger partial charge in [0.2, 0.25) is 0 Å². The standard InChI is InChI=1S/C16H21ClN4/c17-13-5-1-2-6-14(13)21-15(18)19-11-16(21)7-9-20-8-3-4-12(20)10-16/h1-2,5-6,12H,3-4,7-11H2,(H2,18,19). The van der Waals surface area contributed by atoms with E-state index in [2.05, 4.69) is 20.9 Å². The Morgan fingerprint density at radius 2 is 2.14 bits per heavy atom. The van der Waals surface area contributed by atoms with E-state index in [0.717, 1.165) is 36.6 Å². The molecule has 2 saturated heterocycles. The first-order valence-electron chi connectivity index (χ1n) is 7.78. The van der Waals surface area contributed by atoms with Gasteiger partial charge in [-0.1, -0.05) is 23.7 Å². The summed E-state index contributed by atoms with van der Waals surface area (Å²) in [5, 5.41) is 0.755. The van der Waals surface area contributed by atoms with Crippen LogP contribution >= 0.6 is 11.6 Å². The van der Waals surface area contributed by atoms with E-state index < -0.39 is 0 Å². The number of rotatable bonds is 1. The van der Waals surface area contributed by atoms with Gasteiger partial charge in [0.05, 0.1) is 22.8 Å². The fourth-order valence-electron chi connectivity index (χ4n) is 4.28. The lowest BCUT2D eigenvalue weighted by Gasteiger charge is -2.47. The van der Waals surface area contributed by atoms with Gasteiger partial charge in [-0.2, -0.15) is 0 Å². The summed E-state index contributed by atoms with van der Waals surface area (Å²) < 4.78 is 0. The molecular weight excluding hydrogens is 284 g/mol. The third-order valence-electron chi connectivity index (χ3n) is 5.31. The van der Waals surface area contributed by atoms with Crippen LogP contribution < -0.4 is 10.6 Å². The molecule has 2 unspecified atom stereocenters. The van der Waals surface area contributed by atoms with Gasteiger partial charge in [-0.15, -0.1) is 0 Å². The molecule has 0 amide bonds. The Balaban J connectivity index is 1.70. The van der Waals surface area contributed by atoms with Crippen LogP contribution in [0.2, 0.25) is 5.02 Å². The molecule has 0 aromatic heterocycles. The highest BCUT2D eigenvalue weighted by molar-refractivity contribution is 6.34. The van der Waals surface area contributed by atoms with Crippen molar-refractivity contribution in [3.05, 3.63) is 29.3 Å². The van der Waals surface area contributed by atoms with Gasteiger partial charge in [-0.25, -0.2) is 0 Å². The molecule has 1 spiro atoms. The average Bonchev–Trinajstić information content (AvgIpc) is 3.06. The second kappa shape index (κ2) is 4.89. The first-order valence-corrected chi connectivity index (χ1v) is 8.16. The molecule has 3 aliphatic rings. The zero-order chi connectivity index (χ0) is 14.4. The molecule has 3 heterocycles. The molecule has 4 rings (SSSR count). The summed E-state index contributed by atoms with van der Waals surface area (Å²) in [6, 6.07) is 8.65. The van der Waals surface area contributed by atoms with Crippen molar-refractivity contribution in [3.63, 3.8) is 0 Å². The maximum atomic E-state index is 6.42. The van der Waals surface area contributed by atoms with Gasteiger partial charge in [0.1, 0.15) is 0 Å². The monoisotopic (exact) mass is 304 g/mol. The van der Waals surface area contributed by atoms with Gasteiger partial charge in [0.25, 0.3) is 0 Å². The fraction of sp³-hybridized carbons (Fsp3) is 0.562. The zero-order valence-electron chi connectivity index (χ0n) is 12.1. The quantitative estimate of drug-likeness (QED) is 0.867. The molecule has 21 heavy (non-hydrogen) atoms. The van der Waals surface area contributed by atoms with Crippen molar-refractivity contribution in [1.29, 1.82) is 0 Å². The number of guanidine groups is 1. The fourth-order valence-corrected chi connectivity index (χ4v) is 4.50. The lowest BCUT2D eigenvalue weighted by molar-refractivity contribution is 0.140. The van der Waals surface area contributed by atoms with Gasteiger partial charge in [-0.05, 0) is 44.4 Å². The van der Waals surface area contributed by atoms with Crippen molar-refractivity contribution < 1.29 is 0 Å². The summed E-state index contributed by atoms with van der Waals surface area (Å²) in [4.78, 5) is 9.41. The van der Waals surface area contributed by atoms with Crippen LogP contribution in [0.4, 0.5) is 5.69 Å². The van der Waals surface area contributed by atoms with Gasteiger partial charge in [-0.3, -0.25) is 4.99 Å². The Kier molecular flexibility index (Phi) is 3.12. The van der Waals surface area contributed by atoms with Gasteiger partial charge >= 0.3 is 0 Å². The molecule has 1 aromatic carbocycles. The minimum atomic E-state index is 0.0284. The molecule has 0 radical (unpaired) electrons. The number of fused-ring (bicyclic) bond motifs is 1. The number of halogens is 1. The molecule has 2 N–H and O–H groups in total. The summed E-state index contributed by atoms with van der Waals surface area (Å²) in [6.45, 7) is 3.20. The third kappa shape index (κ3) is 2.04. The summed E-state index contributed by atoms with van der Waals surface area (Å²) in [5.41, 5.74) is 7.26. The highest BCUT2D eigenvalue weighted by Gasteiger charge is 2.49. The highest BCUT2D eigenvalue weighted by Crippen LogP contribution is 2.43. The maximum Gasteiger partial charge on any atom is 0.196 e. The van der Waals surface area contributed by atoms with Crippen LogP contribution in [0.3, 0.4) is 0 Å². The summed E-state index contributed by atoms with van der Waals surface area (Å²) in [5.74, 6) is 0.620. The minimum absolute atomic E-state index is 0.0284. The Hall–Kier alpha value is -1.26. The average molecular weight is 305 g/mol. The van der Waals surface area contributed by atoms with Crippen LogP contribution in [0.25, 0.3) is 0 Å². The second-order valence-corrected chi connectivity index (χ2v) is 6.88. The molecule has 2 atom stereocenters. The van der Waals surface area contributed by atoms with Crippen molar-refractivity contribution in [2.75, 3.05) is 24.5 Å². The lowest BCUT2D eigenvalue weighted by atomic mass is 9.82. The van der Waals surface area contributed by atoms with Crippen LogP contribution in [0.15, 0.2) is 29.3 Å². The molecule has 0 bridgehead atoms. The number of nitrogens with two attached hydrogens (primary N) is 1. The lowest BCUT2D eigenvalue weighted by Crippen LogP contribution is -2.59. The van der Waals surface area contributed by atoms with Crippen molar-refractivity contribution in [2.45, 2.75) is 37.3 Å². The number of hydrogen-bond donors (Lipinski definition) is 1. The van der Waals surface area contributed by atoms with E-state index in [9.17, 15) is 0 Å². The molecule has 4 nitrogen and oxygen atoms in total. The Morgan fingerprint density at radius 1 is 1.29 bits per heavy atom. The summed E-state index contributed by atoms with van der Waals surface area (Å²) in [6.07, 6.45) is 4.88. The van der Waals surface area contributed by atoms with Crippen molar-refractivity contribution in [3.8, 4) is 0 Å². The Morgan fingerprint density at radius 3 is 3.00 bits per heavy atom. The maximum absolute atomic E-state index is 6.42. The van der Waals surface area contributed by atoms with Gasteiger partial charge in [0.15, 0.2) is 5.96 Å². The van der Waals surface area contributed by atoms with Crippen molar-refractivity contribution in [2.24, 2.45) is 10.7 Å². The molecule has 5 heteroatoms. The molecule has 3 aliphatic heterocycles. The number of benzene rings is 1.